The molecule has 7 aromatic carbocycles. The minimum Gasteiger partial charge on any atom is -0.543 e. The maximum absolute atomic E-state index is 14.8. The zero-order valence-electron chi connectivity index (χ0n) is 53.9. The fourth-order valence-electron chi connectivity index (χ4n) is 10.8. The number of aliphatic carboxylic acids is 1. The van der Waals surface area contributed by atoms with Gasteiger partial charge in [-0.25, -0.2) is 29.1 Å². The van der Waals surface area contributed by atoms with E-state index in [0.717, 1.165) is 16.7 Å². The first-order valence-electron chi connectivity index (χ1n) is 30.3. The van der Waals surface area contributed by atoms with Crippen molar-refractivity contribution in [1.82, 2.24) is 19.9 Å². The van der Waals surface area contributed by atoms with Crippen LogP contribution in [0.4, 0.5) is 4.39 Å². The van der Waals surface area contributed by atoms with Crippen molar-refractivity contribution in [2.24, 2.45) is 0 Å². The molecule has 486 valence electrons. The van der Waals surface area contributed by atoms with Gasteiger partial charge < -0.3 is 47.4 Å². The number of fused-ring (bicyclic) bond motifs is 1. The summed E-state index contributed by atoms with van der Waals surface area (Å²) in [5, 5.41) is 11.8. The van der Waals surface area contributed by atoms with E-state index < -0.39 is 37.9 Å². The molecule has 10 rings (SSSR count). The molecule has 15 nitrogen and oxygen atoms in total. The topological polar surface area (TPSA) is 172 Å². The summed E-state index contributed by atoms with van der Waals surface area (Å²) < 4.78 is 72.1. The second-order valence-electron chi connectivity index (χ2n) is 23.8. The second-order valence-corrected chi connectivity index (χ2v) is 30.3. The molecule has 0 aliphatic carbocycles. The van der Waals surface area contributed by atoms with E-state index in [1.807, 2.05) is 123 Å². The number of carboxylic acids is 1. The maximum Gasteiger partial charge on any atom is 0.345 e. The third kappa shape index (κ3) is 14.7. The summed E-state index contributed by atoms with van der Waals surface area (Å²) in [5.74, 6) is 1.70. The van der Waals surface area contributed by atoms with Gasteiger partial charge in [0.1, 0.15) is 64.0 Å². The van der Waals surface area contributed by atoms with Crippen LogP contribution in [0, 0.1) is 19.7 Å². The number of nitrogens with zero attached hydrogens (tertiary/aromatic N) is 4. The quantitative estimate of drug-likeness (QED) is 0.0212. The van der Waals surface area contributed by atoms with E-state index in [1.54, 1.807) is 63.9 Å². The molecule has 0 aliphatic heterocycles. The van der Waals surface area contributed by atoms with Crippen molar-refractivity contribution in [3.05, 3.63) is 232 Å². The van der Waals surface area contributed by atoms with E-state index in [2.05, 4.69) is 50.4 Å². The van der Waals surface area contributed by atoms with Crippen molar-refractivity contribution >= 4 is 59.0 Å². The Morgan fingerprint density at radius 2 is 1.35 bits per heavy atom. The summed E-state index contributed by atoms with van der Waals surface area (Å²) in [7, 11) is 2.41. The Morgan fingerprint density at radius 1 is 0.723 bits per heavy atom. The molecule has 0 fully saturated rings. The normalized spacial score (nSPS) is 12.4. The molecule has 2 atom stereocenters. The van der Waals surface area contributed by atoms with Crippen LogP contribution in [0.15, 0.2) is 177 Å². The number of methoxy groups -OCH3 is 3. The van der Waals surface area contributed by atoms with E-state index >= 15 is 0 Å². The molecule has 0 unspecified atom stereocenters. The van der Waals surface area contributed by atoms with Gasteiger partial charge in [-0.15, -0.1) is 17.9 Å². The number of carbonyl (C=O) groups is 1. The van der Waals surface area contributed by atoms with Crippen LogP contribution in [0.1, 0.15) is 59.8 Å². The molecule has 94 heavy (non-hydrogen) atoms. The number of para-hydroxylation sites is 1. The van der Waals surface area contributed by atoms with Crippen LogP contribution in [0.5, 0.6) is 40.4 Å². The third-order valence-corrected chi connectivity index (χ3v) is 23.1. The van der Waals surface area contributed by atoms with Crippen molar-refractivity contribution in [2.75, 3.05) is 41.2 Å². The molecule has 0 saturated carbocycles. The van der Waals surface area contributed by atoms with E-state index in [4.69, 9.17) is 75.5 Å². The van der Waals surface area contributed by atoms with Crippen molar-refractivity contribution in [2.45, 2.75) is 83.6 Å². The fraction of sp³-hybridized carbons (Fsp3) is 0.257. The van der Waals surface area contributed by atoms with E-state index in [1.165, 1.54) is 29.8 Å². The first kappa shape index (κ1) is 68.0. The van der Waals surface area contributed by atoms with Gasteiger partial charge in [0.25, 0.3) is 0 Å². The highest BCUT2D eigenvalue weighted by Crippen LogP contribution is 2.54. The first-order valence-corrected chi connectivity index (χ1v) is 34.8. The molecule has 0 aliphatic rings. The van der Waals surface area contributed by atoms with Crippen molar-refractivity contribution in [3.8, 4) is 73.3 Å². The predicted molar refractivity (Wildman–Crippen MR) is 370 cm³/mol. The van der Waals surface area contributed by atoms with E-state index in [9.17, 15) is 14.3 Å². The Balaban J connectivity index is 1.04. The Labute approximate surface area is 562 Å². The average molecular weight is 1340 g/mol. The van der Waals surface area contributed by atoms with E-state index in [0.29, 0.717) is 94.3 Å². The molecule has 0 amide bonds. The summed E-state index contributed by atoms with van der Waals surface area (Å²) in [6.07, 6.45) is 2.00. The van der Waals surface area contributed by atoms with Crippen molar-refractivity contribution < 1.29 is 56.6 Å². The Morgan fingerprint density at radius 3 is 1.97 bits per heavy atom. The number of aromatic nitrogens is 4. The van der Waals surface area contributed by atoms with Gasteiger partial charge in [-0.1, -0.05) is 129 Å². The average Bonchev–Trinajstić information content (AvgIpc) is 1.49. The Kier molecular flexibility index (Phi) is 21.4. The molecule has 0 bridgehead atoms. The third-order valence-electron chi connectivity index (χ3n) is 16.7. The van der Waals surface area contributed by atoms with Crippen LogP contribution in [0.3, 0.4) is 0 Å². The van der Waals surface area contributed by atoms with Crippen LogP contribution >= 0.6 is 34.5 Å². The lowest BCUT2D eigenvalue weighted by molar-refractivity contribution is -0.145. The van der Waals surface area contributed by atoms with E-state index in [-0.39, 0.29) is 59.6 Å². The lowest BCUT2D eigenvalue weighted by Gasteiger charge is -2.37. The fourth-order valence-corrected chi connectivity index (χ4v) is 13.5. The SMILES string of the molecule is C=CCOC[C@H](COC(c1ccccc1)(c1ccc(OC)cc1)c1ccc(OC)cc1)Oc1c(Cl)c(C)c(-c2c(-c3ccc(F)cc3)sc3ncnc(O[C@H](Cc4cc(O[Si](C)(C)C(C)(C)C)ccc4OCc4ccnc(-c5ccccc5OC)n4)C(=O)O)c23)c(C)c1Cl. The Hall–Kier alpha value is -8.88. The maximum atomic E-state index is 14.8. The number of thiophene rings is 1. The molecule has 20 heteroatoms. The van der Waals surface area contributed by atoms with Gasteiger partial charge in [0.15, 0.2) is 11.6 Å². The number of carboxylic acid groups (broad SMARTS) is 1. The molecule has 0 saturated heterocycles. The molecule has 0 radical (unpaired) electrons. The second kappa shape index (κ2) is 29.6. The van der Waals surface area contributed by atoms with Crippen LogP contribution in [-0.4, -0.2) is 92.7 Å². The number of ether oxygens (including phenoxy) is 8. The number of benzene rings is 7. The van der Waals surface area contributed by atoms with Gasteiger partial charge >= 0.3 is 5.97 Å². The minimum absolute atomic E-state index is 0.00493. The molecule has 10 aromatic rings. The zero-order chi connectivity index (χ0) is 66.9. The number of rotatable bonds is 28. The summed E-state index contributed by atoms with van der Waals surface area (Å²) >= 11 is 16.5. The summed E-state index contributed by atoms with van der Waals surface area (Å²) in [6, 6.07) is 46.0. The highest BCUT2D eigenvalue weighted by Gasteiger charge is 2.41. The van der Waals surface area contributed by atoms with Gasteiger partial charge in [0.2, 0.25) is 20.3 Å². The molecule has 0 spiro atoms. The lowest BCUT2D eigenvalue weighted by Crippen LogP contribution is -2.43. The molecule has 1 N–H and O–H groups in total. The standard InChI is InChI=1S/C74H73Cl2FN4O11SSi/c1-12-38-87-42-57(43-89-74(49-18-14-13-15-19-49,50-24-30-54(84-7)31-25-50)51-26-32-55(85-8)33-27-51)90-67-65(75)45(2)62(46(3)66(67)76)63-64-70(79-44-80-71(64)93-68(63)47-22-28-52(77)29-23-47)91-61(72(82)83)40-48-39-56(92-94(10,11)73(4,5)6)34-35-59(48)88-41-53-36-37-78-69(81-53)58-20-16-17-21-60(58)86-9/h12-37,39,44,57,61H,1,38,40-43H2,2-11H3,(H,82,83)/t57-,61-/m1/s1. The Bertz CT molecular complexity index is 4230. The number of halogens is 3. The van der Waals surface area contributed by atoms with Crippen molar-refractivity contribution in [1.29, 1.82) is 0 Å². The monoisotopic (exact) mass is 1340 g/mol. The van der Waals surface area contributed by atoms with Gasteiger partial charge in [0, 0.05) is 28.6 Å². The summed E-state index contributed by atoms with van der Waals surface area (Å²) in [4.78, 5) is 33.6. The van der Waals surface area contributed by atoms with Gasteiger partial charge in [0.05, 0.1) is 67.8 Å². The van der Waals surface area contributed by atoms with Gasteiger partial charge in [-0.3, -0.25) is 0 Å². The zero-order valence-corrected chi connectivity index (χ0v) is 57.3. The molecular weight excluding hydrogens is 1270 g/mol. The summed E-state index contributed by atoms with van der Waals surface area (Å²) in [6.45, 7) is 18.4. The number of hydrogen-bond donors (Lipinski definition) is 1. The minimum atomic E-state index is -2.41. The predicted octanol–water partition coefficient (Wildman–Crippen LogP) is 17.6. The molecule has 3 heterocycles. The van der Waals surface area contributed by atoms with Crippen molar-refractivity contribution in [3.63, 3.8) is 0 Å². The van der Waals surface area contributed by atoms with Gasteiger partial charge in [-0.05, 0) is 144 Å². The first-order chi connectivity index (χ1) is 45.2. The molecular formula is C74H73Cl2FN4O11SSi. The molecule has 3 aromatic heterocycles. The highest BCUT2D eigenvalue weighted by molar-refractivity contribution is 7.22. The summed E-state index contributed by atoms with van der Waals surface area (Å²) in [5.41, 5.74) is 5.74. The smallest absolute Gasteiger partial charge is 0.345 e. The van der Waals surface area contributed by atoms with Crippen LogP contribution in [0.25, 0.3) is 43.2 Å². The van der Waals surface area contributed by atoms with Gasteiger partial charge in [-0.2, -0.15) is 0 Å². The number of hydrogen-bond acceptors (Lipinski definition) is 15. The lowest BCUT2D eigenvalue weighted by atomic mass is 9.80. The van der Waals surface area contributed by atoms with Crippen LogP contribution < -0.4 is 32.8 Å². The highest BCUT2D eigenvalue weighted by atomic mass is 35.5. The van der Waals surface area contributed by atoms with Crippen LogP contribution in [-0.2, 0) is 32.9 Å². The largest absolute Gasteiger partial charge is 0.543 e. The van der Waals surface area contributed by atoms with Crippen LogP contribution in [0.2, 0.25) is 28.2 Å².